The second-order valence-corrected chi connectivity index (χ2v) is 5.99. The van der Waals surface area contributed by atoms with Crippen LogP contribution in [0.15, 0.2) is 22.7 Å². The number of hydrogen-bond acceptors (Lipinski definition) is 3. The molecule has 0 unspecified atom stereocenters. The predicted molar refractivity (Wildman–Crippen MR) is 79.7 cm³/mol. The van der Waals surface area contributed by atoms with Crippen LogP contribution >= 0.6 is 15.9 Å². The van der Waals surface area contributed by atoms with Gasteiger partial charge >= 0.3 is 0 Å². The first-order valence-corrected chi connectivity index (χ1v) is 7.59. The minimum atomic E-state index is -0.498. The molecule has 1 aromatic carbocycles. The van der Waals surface area contributed by atoms with Crippen LogP contribution in [-0.4, -0.2) is 17.4 Å². The lowest BCUT2D eigenvalue weighted by atomic mass is 9.89. The number of benzene rings is 1. The average molecular weight is 341 g/mol. The van der Waals surface area contributed by atoms with Gasteiger partial charge in [-0.1, -0.05) is 19.3 Å². The van der Waals surface area contributed by atoms with Gasteiger partial charge in [0.2, 0.25) is 0 Å². The fourth-order valence-corrected chi connectivity index (χ4v) is 2.92. The van der Waals surface area contributed by atoms with Gasteiger partial charge in [0, 0.05) is 18.2 Å². The third-order valence-corrected chi connectivity index (χ3v) is 4.35. The van der Waals surface area contributed by atoms with Gasteiger partial charge in [-0.15, -0.1) is 0 Å². The molecule has 0 aliphatic heterocycles. The molecule has 0 spiro atoms. The Morgan fingerprint density at radius 1 is 1.35 bits per heavy atom. The fraction of sp³-hybridized carbons (Fsp3) is 0.500. The van der Waals surface area contributed by atoms with Crippen LogP contribution in [0.4, 0.5) is 5.69 Å². The van der Waals surface area contributed by atoms with Crippen LogP contribution in [0.25, 0.3) is 0 Å². The molecule has 1 aliphatic rings. The number of carbonyl (C=O) groups excluding carboxylic acids is 1. The van der Waals surface area contributed by atoms with E-state index < -0.39 is 4.92 Å². The number of hydrogen-bond donors (Lipinski definition) is 1. The highest BCUT2D eigenvalue weighted by molar-refractivity contribution is 9.10. The second-order valence-electron chi connectivity index (χ2n) is 5.14. The quantitative estimate of drug-likeness (QED) is 0.671. The predicted octanol–water partition coefficient (Wildman–Crippen LogP) is 3.67. The number of nitrogens with zero attached hydrogens (tertiary/aromatic N) is 1. The van der Waals surface area contributed by atoms with Crippen molar-refractivity contribution in [3.63, 3.8) is 0 Å². The molecule has 0 heterocycles. The number of nitro groups is 1. The summed E-state index contributed by atoms with van der Waals surface area (Å²) in [5, 5.41) is 13.7. The first kappa shape index (κ1) is 15.0. The highest BCUT2D eigenvalue weighted by Crippen LogP contribution is 2.26. The van der Waals surface area contributed by atoms with E-state index in [1.807, 2.05) is 0 Å². The fourth-order valence-electron chi connectivity index (χ4n) is 2.52. The normalized spacial score (nSPS) is 15.8. The molecule has 1 saturated carbocycles. The number of carbonyl (C=O) groups is 1. The molecule has 1 aliphatic carbocycles. The maximum absolute atomic E-state index is 12.0. The Morgan fingerprint density at radius 3 is 2.70 bits per heavy atom. The molecule has 0 radical (unpaired) electrons. The van der Waals surface area contributed by atoms with Crippen molar-refractivity contribution in [3.8, 4) is 0 Å². The first-order valence-electron chi connectivity index (χ1n) is 6.80. The number of nitro benzene ring substituents is 1. The maximum atomic E-state index is 12.0. The van der Waals surface area contributed by atoms with Crippen molar-refractivity contribution in [1.29, 1.82) is 0 Å². The Bertz CT molecular complexity index is 513. The van der Waals surface area contributed by atoms with Crippen molar-refractivity contribution in [2.75, 3.05) is 6.54 Å². The van der Waals surface area contributed by atoms with Crippen LogP contribution in [0.3, 0.4) is 0 Å². The molecule has 1 aromatic rings. The highest BCUT2D eigenvalue weighted by Gasteiger charge is 2.18. The molecule has 0 saturated heterocycles. The lowest BCUT2D eigenvalue weighted by molar-refractivity contribution is -0.385. The zero-order valence-electron chi connectivity index (χ0n) is 11.1. The summed E-state index contributed by atoms with van der Waals surface area (Å²) in [6, 6.07) is 4.43. The molecule has 20 heavy (non-hydrogen) atoms. The maximum Gasteiger partial charge on any atom is 0.284 e. The van der Waals surface area contributed by atoms with Crippen LogP contribution < -0.4 is 5.32 Å². The molecular formula is C14H17BrN2O3. The van der Waals surface area contributed by atoms with Gasteiger partial charge in [0.05, 0.1) is 9.40 Å². The van der Waals surface area contributed by atoms with Crippen molar-refractivity contribution < 1.29 is 9.72 Å². The van der Waals surface area contributed by atoms with Crippen molar-refractivity contribution in [2.24, 2.45) is 5.92 Å². The number of rotatable bonds is 4. The summed E-state index contributed by atoms with van der Waals surface area (Å²) in [7, 11) is 0. The van der Waals surface area contributed by atoms with E-state index in [1.54, 1.807) is 6.07 Å². The Morgan fingerprint density at radius 2 is 2.05 bits per heavy atom. The van der Waals surface area contributed by atoms with E-state index in [4.69, 9.17) is 0 Å². The molecule has 5 nitrogen and oxygen atoms in total. The van der Waals surface area contributed by atoms with Crippen LogP contribution in [0.2, 0.25) is 0 Å². The largest absolute Gasteiger partial charge is 0.352 e. The van der Waals surface area contributed by atoms with Gasteiger partial charge in [0.15, 0.2) is 0 Å². The Balaban J connectivity index is 1.98. The molecule has 2 rings (SSSR count). The molecule has 1 N–H and O–H groups in total. The Hall–Kier alpha value is -1.43. The Labute approximate surface area is 126 Å². The monoisotopic (exact) mass is 340 g/mol. The molecule has 0 aromatic heterocycles. The zero-order valence-corrected chi connectivity index (χ0v) is 12.7. The minimum absolute atomic E-state index is 0.0877. The SMILES string of the molecule is O=C(NCC1CCCCC1)c1ccc(Br)c([N+](=O)[O-])c1. The summed E-state index contributed by atoms with van der Waals surface area (Å²) in [6.07, 6.45) is 6.04. The molecule has 6 heteroatoms. The molecule has 108 valence electrons. The van der Waals surface area contributed by atoms with E-state index in [0.29, 0.717) is 22.5 Å². The van der Waals surface area contributed by atoms with Gasteiger partial charge in [-0.3, -0.25) is 14.9 Å². The van der Waals surface area contributed by atoms with Crippen LogP contribution in [0.1, 0.15) is 42.5 Å². The van der Waals surface area contributed by atoms with E-state index in [0.717, 1.165) is 12.8 Å². The second kappa shape index (κ2) is 6.83. The summed E-state index contributed by atoms with van der Waals surface area (Å²) in [4.78, 5) is 22.4. The van der Waals surface area contributed by atoms with Crippen molar-refractivity contribution in [1.82, 2.24) is 5.32 Å². The third-order valence-electron chi connectivity index (χ3n) is 3.68. The summed E-state index contributed by atoms with van der Waals surface area (Å²) < 4.78 is 0.381. The van der Waals surface area contributed by atoms with E-state index >= 15 is 0 Å². The van der Waals surface area contributed by atoms with E-state index in [2.05, 4.69) is 21.2 Å². The van der Waals surface area contributed by atoms with E-state index in [-0.39, 0.29) is 11.6 Å². The topological polar surface area (TPSA) is 72.2 Å². The van der Waals surface area contributed by atoms with Gasteiger partial charge in [0.25, 0.3) is 11.6 Å². The van der Waals surface area contributed by atoms with Gasteiger partial charge in [-0.25, -0.2) is 0 Å². The van der Waals surface area contributed by atoms with E-state index in [1.165, 1.54) is 31.4 Å². The molecular weight excluding hydrogens is 324 g/mol. The summed E-state index contributed by atoms with van der Waals surface area (Å²) >= 11 is 3.11. The average Bonchev–Trinajstić information content (AvgIpc) is 2.46. The lowest BCUT2D eigenvalue weighted by Gasteiger charge is -2.21. The highest BCUT2D eigenvalue weighted by atomic mass is 79.9. The summed E-state index contributed by atoms with van der Waals surface area (Å²) in [5.41, 5.74) is 0.242. The molecule has 0 bridgehead atoms. The molecule has 1 fully saturated rings. The number of halogens is 1. The number of nitrogens with one attached hydrogen (secondary N) is 1. The van der Waals surface area contributed by atoms with Crippen LogP contribution in [0, 0.1) is 16.0 Å². The summed E-state index contributed by atoms with van der Waals surface area (Å²) in [5.74, 6) is 0.296. The van der Waals surface area contributed by atoms with Gasteiger partial charge in [0.1, 0.15) is 0 Å². The van der Waals surface area contributed by atoms with Gasteiger partial charge in [-0.05, 0) is 46.8 Å². The van der Waals surface area contributed by atoms with E-state index in [9.17, 15) is 14.9 Å². The Kier molecular flexibility index (Phi) is 5.11. The van der Waals surface area contributed by atoms with Crippen LogP contribution in [-0.2, 0) is 0 Å². The number of amides is 1. The van der Waals surface area contributed by atoms with Crippen molar-refractivity contribution in [2.45, 2.75) is 32.1 Å². The van der Waals surface area contributed by atoms with Gasteiger partial charge in [-0.2, -0.15) is 0 Å². The van der Waals surface area contributed by atoms with Gasteiger partial charge < -0.3 is 5.32 Å². The lowest BCUT2D eigenvalue weighted by Crippen LogP contribution is -2.30. The standard InChI is InChI=1S/C14H17BrN2O3/c15-12-7-6-11(8-13(12)17(19)20)14(18)16-9-10-4-2-1-3-5-10/h6-8,10H,1-5,9H2,(H,16,18). The summed E-state index contributed by atoms with van der Waals surface area (Å²) in [6.45, 7) is 0.655. The first-order chi connectivity index (χ1) is 9.58. The van der Waals surface area contributed by atoms with Crippen molar-refractivity contribution >= 4 is 27.5 Å². The van der Waals surface area contributed by atoms with Crippen LogP contribution in [0.5, 0.6) is 0 Å². The molecule has 0 atom stereocenters. The van der Waals surface area contributed by atoms with Crippen molar-refractivity contribution in [3.05, 3.63) is 38.3 Å². The molecule has 1 amide bonds. The zero-order chi connectivity index (χ0) is 14.5. The third kappa shape index (κ3) is 3.79. The smallest absolute Gasteiger partial charge is 0.284 e. The minimum Gasteiger partial charge on any atom is -0.352 e.